The molecule has 0 radical (unpaired) electrons. The highest BCUT2D eigenvalue weighted by atomic mass is 19.4. The van der Waals surface area contributed by atoms with Gasteiger partial charge in [-0.25, -0.2) is 0 Å². The molecule has 2 heterocycles. The number of rotatable bonds is 3. The third-order valence-electron chi connectivity index (χ3n) is 2.19. The molecule has 0 N–H and O–H groups in total. The van der Waals surface area contributed by atoms with E-state index in [1.54, 1.807) is 13.1 Å². The van der Waals surface area contributed by atoms with Gasteiger partial charge in [-0.15, -0.1) is 0 Å². The second kappa shape index (κ2) is 15.8. The highest BCUT2D eigenvalue weighted by Gasteiger charge is 2.32. The van der Waals surface area contributed by atoms with Crippen molar-refractivity contribution in [2.75, 3.05) is 7.11 Å². The molecular weight excluding hydrogens is 361 g/mol. The Bertz CT molecular complexity index is 606. The van der Waals surface area contributed by atoms with Crippen LogP contribution in [0.1, 0.15) is 59.0 Å². The van der Waals surface area contributed by atoms with Crippen molar-refractivity contribution in [1.29, 1.82) is 0 Å². The molecule has 0 fully saturated rings. The molecular formula is C18H29F3N4O2. The van der Waals surface area contributed by atoms with E-state index in [9.17, 15) is 13.2 Å². The molecule has 2 aromatic heterocycles. The van der Waals surface area contributed by atoms with Crippen molar-refractivity contribution < 1.29 is 22.5 Å². The molecule has 0 aliphatic heterocycles. The first-order chi connectivity index (χ1) is 12.8. The molecule has 0 aliphatic carbocycles. The average Bonchev–Trinajstić information content (AvgIpc) is 3.09. The number of oxime groups is 1. The number of aryl methyl sites for hydroxylation is 1. The van der Waals surface area contributed by atoms with E-state index >= 15 is 0 Å². The van der Waals surface area contributed by atoms with Crippen LogP contribution in [0.15, 0.2) is 28.0 Å². The van der Waals surface area contributed by atoms with Gasteiger partial charge in [-0.3, -0.25) is 4.98 Å². The monoisotopic (exact) mass is 390 g/mol. The molecule has 2 rings (SSSR count). The Labute approximate surface area is 158 Å². The molecule has 0 aliphatic rings. The lowest BCUT2D eigenvalue weighted by Gasteiger charge is -2.04. The van der Waals surface area contributed by atoms with Crippen molar-refractivity contribution in [3.8, 4) is 11.5 Å². The van der Waals surface area contributed by atoms with Crippen LogP contribution in [-0.2, 0) is 11.0 Å². The van der Waals surface area contributed by atoms with Crippen LogP contribution < -0.4 is 0 Å². The Morgan fingerprint density at radius 1 is 1.19 bits per heavy atom. The Kier molecular flexibility index (Phi) is 15.6. The van der Waals surface area contributed by atoms with E-state index in [1.165, 1.54) is 19.6 Å². The van der Waals surface area contributed by atoms with Gasteiger partial charge in [0, 0.05) is 12.4 Å². The Balaban J connectivity index is 0. The van der Waals surface area contributed by atoms with Crippen LogP contribution >= 0.6 is 0 Å². The summed E-state index contributed by atoms with van der Waals surface area (Å²) in [7, 11) is 1.53. The summed E-state index contributed by atoms with van der Waals surface area (Å²) in [4.78, 5) is 11.5. The summed E-state index contributed by atoms with van der Waals surface area (Å²) in [6.45, 7) is 11.9. The molecule has 0 saturated carbocycles. The van der Waals surface area contributed by atoms with Crippen LogP contribution in [0.25, 0.3) is 11.5 Å². The zero-order valence-electron chi connectivity index (χ0n) is 17.0. The van der Waals surface area contributed by atoms with Gasteiger partial charge in [-0.05, 0) is 25.5 Å². The van der Waals surface area contributed by atoms with Crippen molar-refractivity contribution in [2.24, 2.45) is 5.16 Å². The number of hydrogen-bond acceptors (Lipinski definition) is 6. The number of pyridine rings is 1. The minimum absolute atomic E-state index is 0.152. The predicted octanol–water partition coefficient (Wildman–Crippen LogP) is 5.93. The molecule has 6 nitrogen and oxygen atoms in total. The van der Waals surface area contributed by atoms with Crippen LogP contribution in [-0.4, -0.2) is 28.4 Å². The summed E-state index contributed by atoms with van der Waals surface area (Å²) < 4.78 is 41.4. The summed E-state index contributed by atoms with van der Waals surface area (Å²) in [6.07, 6.45) is 0.507. The topological polar surface area (TPSA) is 73.4 Å². The van der Waals surface area contributed by atoms with Crippen molar-refractivity contribution in [3.63, 3.8) is 0 Å². The van der Waals surface area contributed by atoms with E-state index in [-0.39, 0.29) is 5.89 Å². The largest absolute Gasteiger partial charge is 0.433 e. The second-order valence-electron chi connectivity index (χ2n) is 4.66. The quantitative estimate of drug-likeness (QED) is 0.480. The Hall–Kier alpha value is -2.45. The Morgan fingerprint density at radius 3 is 2.07 bits per heavy atom. The standard InChI is InChI=1S/C9H6F3N3O.C4H9NO.C3H8.C2H6/c1-5-14-8(16-15-5)6-2-3-7(13-4-6)9(10,11)12;1-3-4-5-6-2;1-3-2;1-2/h2-4H,1H3;4H,3H2,1-2H3;3H2,1-2H3;1-2H3/b;5-4+;;. The highest BCUT2D eigenvalue weighted by Crippen LogP contribution is 2.28. The van der Waals surface area contributed by atoms with Gasteiger partial charge in [0.2, 0.25) is 0 Å². The van der Waals surface area contributed by atoms with Gasteiger partial charge in [0.25, 0.3) is 5.89 Å². The van der Waals surface area contributed by atoms with Gasteiger partial charge in [0.15, 0.2) is 5.82 Å². The molecule has 0 spiro atoms. The van der Waals surface area contributed by atoms with E-state index in [0.29, 0.717) is 11.4 Å². The summed E-state index contributed by atoms with van der Waals surface area (Å²) in [5.41, 5.74) is -0.596. The highest BCUT2D eigenvalue weighted by molar-refractivity contribution is 5.55. The molecule has 9 heteroatoms. The van der Waals surface area contributed by atoms with Crippen molar-refractivity contribution in [1.82, 2.24) is 15.1 Å². The van der Waals surface area contributed by atoms with E-state index in [2.05, 4.69) is 39.0 Å². The first-order valence-electron chi connectivity index (χ1n) is 8.68. The SMILES string of the molecule is CC.CC/C=N/OC.CCC.Cc1noc(-c2ccc(C(F)(F)F)nc2)n1. The fourth-order valence-corrected chi connectivity index (χ4v) is 1.25. The van der Waals surface area contributed by atoms with Crippen LogP contribution in [0.2, 0.25) is 0 Å². The molecule has 2 aromatic rings. The lowest BCUT2D eigenvalue weighted by Crippen LogP contribution is -2.07. The maximum absolute atomic E-state index is 12.2. The van der Waals surface area contributed by atoms with E-state index in [1.807, 2.05) is 20.8 Å². The van der Waals surface area contributed by atoms with Gasteiger partial charge in [0.05, 0.1) is 5.56 Å². The zero-order valence-corrected chi connectivity index (χ0v) is 17.0. The van der Waals surface area contributed by atoms with Gasteiger partial charge in [-0.1, -0.05) is 51.4 Å². The predicted molar refractivity (Wildman–Crippen MR) is 100 cm³/mol. The maximum Gasteiger partial charge on any atom is 0.433 e. The van der Waals surface area contributed by atoms with Gasteiger partial charge >= 0.3 is 6.18 Å². The number of alkyl halides is 3. The number of hydrogen-bond donors (Lipinski definition) is 0. The number of aromatic nitrogens is 3. The van der Waals surface area contributed by atoms with E-state index < -0.39 is 11.9 Å². The lowest BCUT2D eigenvalue weighted by molar-refractivity contribution is -0.141. The summed E-state index contributed by atoms with van der Waals surface area (Å²) in [6, 6.07) is 2.11. The third-order valence-corrected chi connectivity index (χ3v) is 2.19. The molecule has 0 saturated heterocycles. The molecule has 0 atom stereocenters. The normalized spacial score (nSPS) is 10.0. The van der Waals surface area contributed by atoms with Crippen LogP contribution in [0.4, 0.5) is 13.2 Å². The molecule has 154 valence electrons. The number of halogens is 3. The van der Waals surface area contributed by atoms with Gasteiger partial charge < -0.3 is 9.36 Å². The first kappa shape index (κ1) is 26.8. The summed E-state index contributed by atoms with van der Waals surface area (Å²) in [5, 5.41) is 6.99. The van der Waals surface area contributed by atoms with Gasteiger partial charge in [0.1, 0.15) is 12.8 Å². The maximum atomic E-state index is 12.2. The minimum Gasteiger partial charge on any atom is -0.399 e. The molecule has 27 heavy (non-hydrogen) atoms. The van der Waals surface area contributed by atoms with E-state index in [0.717, 1.165) is 18.7 Å². The number of nitrogens with zero attached hydrogens (tertiary/aromatic N) is 4. The van der Waals surface area contributed by atoms with Gasteiger partial charge in [-0.2, -0.15) is 18.2 Å². The van der Waals surface area contributed by atoms with Crippen molar-refractivity contribution >= 4 is 6.21 Å². The minimum atomic E-state index is -4.44. The molecule has 0 unspecified atom stereocenters. The smallest absolute Gasteiger partial charge is 0.399 e. The fraction of sp³-hybridized carbons (Fsp3) is 0.556. The van der Waals surface area contributed by atoms with Crippen molar-refractivity contribution in [2.45, 2.75) is 60.6 Å². The molecule has 0 bridgehead atoms. The summed E-state index contributed by atoms with van der Waals surface area (Å²) in [5.74, 6) is 0.564. The van der Waals surface area contributed by atoms with Crippen LogP contribution in [0.3, 0.4) is 0 Å². The van der Waals surface area contributed by atoms with Crippen LogP contribution in [0, 0.1) is 6.92 Å². The zero-order chi connectivity index (χ0) is 21.3. The summed E-state index contributed by atoms with van der Waals surface area (Å²) >= 11 is 0. The third kappa shape index (κ3) is 12.5. The van der Waals surface area contributed by atoms with Crippen LogP contribution in [0.5, 0.6) is 0 Å². The Morgan fingerprint density at radius 2 is 1.78 bits per heavy atom. The average molecular weight is 390 g/mol. The lowest BCUT2D eigenvalue weighted by atomic mass is 10.2. The molecule has 0 aromatic carbocycles. The first-order valence-corrected chi connectivity index (χ1v) is 8.68. The molecule has 0 amide bonds. The van der Waals surface area contributed by atoms with Crippen molar-refractivity contribution in [3.05, 3.63) is 29.8 Å². The fourth-order valence-electron chi connectivity index (χ4n) is 1.25. The second-order valence-corrected chi connectivity index (χ2v) is 4.66. The van der Waals surface area contributed by atoms with E-state index in [4.69, 9.17) is 4.52 Å².